The van der Waals surface area contributed by atoms with Gasteiger partial charge in [0.15, 0.2) is 6.61 Å². The Bertz CT molecular complexity index is 457. The molecule has 0 heterocycles. The Hall–Kier alpha value is -1.75. The van der Waals surface area contributed by atoms with Gasteiger partial charge in [-0.15, -0.1) is 0 Å². The van der Waals surface area contributed by atoms with Gasteiger partial charge >= 0.3 is 0 Å². The molecule has 5 nitrogen and oxygen atoms in total. The molecule has 0 saturated heterocycles. The molecule has 21 heavy (non-hydrogen) atoms. The van der Waals surface area contributed by atoms with E-state index < -0.39 is 0 Å². The van der Waals surface area contributed by atoms with Crippen molar-refractivity contribution in [3.8, 4) is 5.75 Å². The van der Waals surface area contributed by atoms with Crippen molar-refractivity contribution in [2.24, 2.45) is 0 Å². The van der Waals surface area contributed by atoms with Crippen molar-refractivity contribution in [3.05, 3.63) is 24.3 Å². The van der Waals surface area contributed by atoms with E-state index in [2.05, 4.69) is 10.6 Å². The molecule has 1 saturated carbocycles. The number of ether oxygens (including phenoxy) is 2. The van der Waals surface area contributed by atoms with Crippen molar-refractivity contribution < 1.29 is 14.3 Å². The van der Waals surface area contributed by atoms with Crippen LogP contribution in [-0.2, 0) is 9.53 Å². The van der Waals surface area contributed by atoms with Crippen LogP contribution in [0.5, 0.6) is 5.75 Å². The monoisotopic (exact) mass is 292 g/mol. The van der Waals surface area contributed by atoms with E-state index in [1.807, 2.05) is 24.3 Å². The fourth-order valence-corrected chi connectivity index (χ4v) is 2.58. The topological polar surface area (TPSA) is 59.6 Å². The standard InChI is InChI=1S/C16H24N2O3/c1-17-16(19)11-21-15-5-3-4-13(10-15)18-12-6-8-14(20-2)9-7-12/h3-5,10,12,14,18H,6-9,11H2,1-2H3,(H,17,19). The maximum Gasteiger partial charge on any atom is 0.257 e. The van der Waals surface area contributed by atoms with Crippen LogP contribution in [0.3, 0.4) is 0 Å². The second-order valence-corrected chi connectivity index (χ2v) is 5.34. The van der Waals surface area contributed by atoms with Crippen LogP contribution >= 0.6 is 0 Å². The first-order valence-electron chi connectivity index (χ1n) is 7.44. The zero-order chi connectivity index (χ0) is 15.1. The Morgan fingerprint density at radius 1 is 1.29 bits per heavy atom. The van der Waals surface area contributed by atoms with Crippen LogP contribution in [0.1, 0.15) is 25.7 Å². The first-order valence-corrected chi connectivity index (χ1v) is 7.44. The van der Waals surface area contributed by atoms with Crippen molar-refractivity contribution in [1.29, 1.82) is 0 Å². The summed E-state index contributed by atoms with van der Waals surface area (Å²) in [5, 5.41) is 6.07. The summed E-state index contributed by atoms with van der Waals surface area (Å²) in [6, 6.07) is 8.23. The molecule has 0 radical (unpaired) electrons. The number of amides is 1. The van der Waals surface area contributed by atoms with E-state index in [1.54, 1.807) is 14.2 Å². The third-order valence-electron chi connectivity index (χ3n) is 3.86. The van der Waals surface area contributed by atoms with Crippen LogP contribution in [0.15, 0.2) is 24.3 Å². The number of nitrogens with one attached hydrogen (secondary N) is 2. The largest absolute Gasteiger partial charge is 0.484 e. The number of carbonyl (C=O) groups is 1. The molecule has 1 amide bonds. The third-order valence-corrected chi connectivity index (χ3v) is 3.86. The zero-order valence-electron chi connectivity index (χ0n) is 12.7. The molecule has 1 fully saturated rings. The third kappa shape index (κ3) is 4.93. The number of anilines is 1. The van der Waals surface area contributed by atoms with Gasteiger partial charge in [0.25, 0.3) is 5.91 Å². The van der Waals surface area contributed by atoms with E-state index >= 15 is 0 Å². The number of benzene rings is 1. The summed E-state index contributed by atoms with van der Waals surface area (Å²) in [6.45, 7) is 0.0406. The number of hydrogen-bond acceptors (Lipinski definition) is 4. The molecule has 0 spiro atoms. The number of hydrogen-bond donors (Lipinski definition) is 2. The Labute approximate surface area is 126 Å². The highest BCUT2D eigenvalue weighted by Gasteiger charge is 2.20. The van der Waals surface area contributed by atoms with E-state index in [0.29, 0.717) is 17.9 Å². The number of methoxy groups -OCH3 is 1. The van der Waals surface area contributed by atoms with Gasteiger partial charge < -0.3 is 20.1 Å². The summed E-state index contributed by atoms with van der Waals surface area (Å²) in [5.41, 5.74) is 1.03. The minimum atomic E-state index is -0.133. The lowest BCUT2D eigenvalue weighted by atomic mass is 9.93. The summed E-state index contributed by atoms with van der Waals surface area (Å²) in [7, 11) is 3.38. The van der Waals surface area contributed by atoms with Gasteiger partial charge in [-0.25, -0.2) is 0 Å². The number of carbonyl (C=O) groups excluding carboxylic acids is 1. The number of rotatable bonds is 6. The molecule has 116 valence electrons. The van der Waals surface area contributed by atoms with Gasteiger partial charge in [-0.2, -0.15) is 0 Å². The van der Waals surface area contributed by atoms with E-state index in [0.717, 1.165) is 31.4 Å². The van der Waals surface area contributed by atoms with Gasteiger partial charge in [0.2, 0.25) is 0 Å². The lowest BCUT2D eigenvalue weighted by molar-refractivity contribution is -0.122. The Morgan fingerprint density at radius 3 is 2.71 bits per heavy atom. The summed E-state index contributed by atoms with van der Waals surface area (Å²) in [4.78, 5) is 11.2. The van der Waals surface area contributed by atoms with Crippen molar-refractivity contribution >= 4 is 11.6 Å². The van der Waals surface area contributed by atoms with Crippen LogP contribution in [0.2, 0.25) is 0 Å². The van der Waals surface area contributed by atoms with E-state index in [9.17, 15) is 4.79 Å². The van der Waals surface area contributed by atoms with E-state index in [1.165, 1.54) is 0 Å². The van der Waals surface area contributed by atoms with Crippen LogP contribution in [0.4, 0.5) is 5.69 Å². The van der Waals surface area contributed by atoms with E-state index in [4.69, 9.17) is 9.47 Å². The molecule has 1 aromatic carbocycles. The maximum atomic E-state index is 11.2. The fourth-order valence-electron chi connectivity index (χ4n) is 2.58. The predicted molar refractivity (Wildman–Crippen MR) is 82.7 cm³/mol. The summed E-state index contributed by atoms with van der Waals surface area (Å²) >= 11 is 0. The molecule has 2 N–H and O–H groups in total. The van der Waals surface area contributed by atoms with Crippen molar-refractivity contribution in [1.82, 2.24) is 5.32 Å². The summed E-state index contributed by atoms with van der Waals surface area (Å²) < 4.78 is 10.8. The molecule has 0 bridgehead atoms. The molecule has 0 aromatic heterocycles. The second-order valence-electron chi connectivity index (χ2n) is 5.34. The molecule has 0 unspecified atom stereocenters. The minimum Gasteiger partial charge on any atom is -0.484 e. The van der Waals surface area contributed by atoms with Crippen molar-refractivity contribution in [2.75, 3.05) is 26.1 Å². The summed E-state index contributed by atoms with van der Waals surface area (Å²) in [6.07, 6.45) is 4.83. The molecule has 1 aliphatic carbocycles. The molecular formula is C16H24N2O3. The fraction of sp³-hybridized carbons (Fsp3) is 0.562. The lowest BCUT2D eigenvalue weighted by Crippen LogP contribution is -2.29. The molecule has 1 aromatic rings. The van der Waals surface area contributed by atoms with Crippen LogP contribution in [0.25, 0.3) is 0 Å². The first-order chi connectivity index (χ1) is 10.2. The average Bonchev–Trinajstić information content (AvgIpc) is 2.53. The Kier molecular flexibility index (Phi) is 5.87. The van der Waals surface area contributed by atoms with Gasteiger partial charge in [-0.05, 0) is 37.8 Å². The molecular weight excluding hydrogens is 268 g/mol. The summed E-state index contributed by atoms with van der Waals surface area (Å²) in [5.74, 6) is 0.570. The van der Waals surface area contributed by atoms with Gasteiger partial charge in [0, 0.05) is 32.0 Å². The van der Waals surface area contributed by atoms with Crippen molar-refractivity contribution in [3.63, 3.8) is 0 Å². The quantitative estimate of drug-likeness (QED) is 0.844. The second kappa shape index (κ2) is 7.88. The van der Waals surface area contributed by atoms with Gasteiger partial charge in [0.05, 0.1) is 6.10 Å². The highest BCUT2D eigenvalue weighted by molar-refractivity contribution is 5.77. The smallest absolute Gasteiger partial charge is 0.257 e. The molecule has 2 rings (SSSR count). The van der Waals surface area contributed by atoms with Crippen LogP contribution in [-0.4, -0.2) is 38.8 Å². The van der Waals surface area contributed by atoms with Gasteiger partial charge in [-0.3, -0.25) is 4.79 Å². The lowest BCUT2D eigenvalue weighted by Gasteiger charge is -2.29. The average molecular weight is 292 g/mol. The molecule has 0 aliphatic heterocycles. The molecule has 5 heteroatoms. The zero-order valence-corrected chi connectivity index (χ0v) is 12.7. The maximum absolute atomic E-state index is 11.2. The molecule has 0 atom stereocenters. The van der Waals surface area contributed by atoms with Gasteiger partial charge in [0.1, 0.15) is 5.75 Å². The molecule has 1 aliphatic rings. The normalized spacial score (nSPS) is 21.6. The Balaban J connectivity index is 1.85. The SMILES string of the molecule is CNC(=O)COc1cccc(NC2CCC(OC)CC2)c1. The van der Waals surface area contributed by atoms with Crippen molar-refractivity contribution in [2.45, 2.75) is 37.8 Å². The first kappa shape index (κ1) is 15.6. The predicted octanol–water partition coefficient (Wildman–Crippen LogP) is 2.18. The van der Waals surface area contributed by atoms with E-state index in [-0.39, 0.29) is 12.5 Å². The van der Waals surface area contributed by atoms with Crippen LogP contribution in [0, 0.1) is 0 Å². The van der Waals surface area contributed by atoms with Crippen LogP contribution < -0.4 is 15.4 Å². The van der Waals surface area contributed by atoms with Gasteiger partial charge in [-0.1, -0.05) is 6.07 Å². The highest BCUT2D eigenvalue weighted by atomic mass is 16.5. The minimum absolute atomic E-state index is 0.0406. The Morgan fingerprint density at radius 2 is 2.05 bits per heavy atom. The highest BCUT2D eigenvalue weighted by Crippen LogP contribution is 2.25. The number of likely N-dealkylation sites (N-methyl/N-ethyl adjacent to an activating group) is 1.